The summed E-state index contributed by atoms with van der Waals surface area (Å²) in [6.45, 7) is 1.90. The molecule has 0 aliphatic heterocycles. The summed E-state index contributed by atoms with van der Waals surface area (Å²) in [5, 5.41) is 9.64. The van der Waals surface area contributed by atoms with Crippen molar-refractivity contribution in [3.63, 3.8) is 0 Å². The van der Waals surface area contributed by atoms with Crippen LogP contribution in [0.3, 0.4) is 0 Å². The lowest BCUT2D eigenvalue weighted by Crippen LogP contribution is -2.16. The molecule has 2 unspecified atom stereocenters. The summed E-state index contributed by atoms with van der Waals surface area (Å²) in [6, 6.07) is 0. The van der Waals surface area contributed by atoms with Crippen molar-refractivity contribution in [2.45, 2.75) is 58.0 Å². The van der Waals surface area contributed by atoms with Gasteiger partial charge in [-0.25, -0.2) is 8.42 Å². The van der Waals surface area contributed by atoms with Crippen LogP contribution >= 0.6 is 0 Å². The van der Waals surface area contributed by atoms with Crippen LogP contribution in [0.15, 0.2) is 0 Å². The molecule has 0 aromatic heterocycles. The van der Waals surface area contributed by atoms with E-state index < -0.39 is 9.84 Å². The molecule has 0 aromatic rings. The number of aliphatic hydroxyl groups is 1. The molecular formula is C12H24O3S. The summed E-state index contributed by atoms with van der Waals surface area (Å²) >= 11 is 0. The van der Waals surface area contributed by atoms with Gasteiger partial charge >= 0.3 is 0 Å². The third kappa shape index (κ3) is 5.30. The smallest absolute Gasteiger partial charge is 0.150 e. The van der Waals surface area contributed by atoms with Gasteiger partial charge in [-0.2, -0.15) is 0 Å². The molecule has 0 bridgehead atoms. The Balaban J connectivity index is 2.36. The highest BCUT2D eigenvalue weighted by Gasteiger charge is 2.20. The second-order valence-corrected chi connectivity index (χ2v) is 7.28. The predicted molar refractivity (Wildman–Crippen MR) is 66.1 cm³/mol. The summed E-state index contributed by atoms with van der Waals surface area (Å²) in [7, 11) is -2.84. The van der Waals surface area contributed by atoms with Gasteiger partial charge in [0.15, 0.2) is 0 Å². The average Bonchev–Trinajstić information content (AvgIpc) is 2.40. The first-order valence-corrected chi connectivity index (χ1v) is 8.24. The molecule has 1 saturated carbocycles. The molecule has 0 heterocycles. The summed E-state index contributed by atoms with van der Waals surface area (Å²) in [5.74, 6) is 1.02. The van der Waals surface area contributed by atoms with Crippen LogP contribution in [0.2, 0.25) is 0 Å². The molecule has 0 saturated heterocycles. The zero-order valence-electron chi connectivity index (χ0n) is 10.2. The number of aliphatic hydroxyl groups excluding tert-OH is 1. The topological polar surface area (TPSA) is 54.4 Å². The van der Waals surface area contributed by atoms with E-state index in [1.54, 1.807) is 0 Å². The monoisotopic (exact) mass is 248 g/mol. The van der Waals surface area contributed by atoms with Crippen molar-refractivity contribution in [2.24, 2.45) is 5.92 Å². The lowest BCUT2D eigenvalue weighted by atomic mass is 9.97. The number of hydrogen-bond acceptors (Lipinski definition) is 3. The first-order valence-electron chi connectivity index (χ1n) is 6.42. The van der Waals surface area contributed by atoms with Gasteiger partial charge in [0.25, 0.3) is 0 Å². The SMILES string of the molecule is CCCS(=O)(=O)CCC1CCCCC(O)C1. The van der Waals surface area contributed by atoms with E-state index in [2.05, 4.69) is 0 Å². The molecule has 96 valence electrons. The van der Waals surface area contributed by atoms with E-state index in [9.17, 15) is 13.5 Å². The minimum absolute atomic E-state index is 0.207. The van der Waals surface area contributed by atoms with Crippen molar-refractivity contribution in [1.29, 1.82) is 0 Å². The van der Waals surface area contributed by atoms with Gasteiger partial charge in [-0.05, 0) is 31.6 Å². The molecule has 3 nitrogen and oxygen atoms in total. The van der Waals surface area contributed by atoms with E-state index in [0.717, 1.165) is 38.5 Å². The fraction of sp³-hybridized carbons (Fsp3) is 1.00. The zero-order valence-corrected chi connectivity index (χ0v) is 11.0. The number of hydrogen-bond donors (Lipinski definition) is 1. The Morgan fingerprint density at radius 2 is 1.88 bits per heavy atom. The van der Waals surface area contributed by atoms with Crippen molar-refractivity contribution >= 4 is 9.84 Å². The van der Waals surface area contributed by atoms with Crippen LogP contribution in [0.5, 0.6) is 0 Å². The molecule has 1 fully saturated rings. The van der Waals surface area contributed by atoms with Gasteiger partial charge in [0.1, 0.15) is 9.84 Å². The molecule has 4 heteroatoms. The lowest BCUT2D eigenvalue weighted by Gasteiger charge is -2.16. The van der Waals surface area contributed by atoms with E-state index in [1.807, 2.05) is 6.92 Å². The maximum atomic E-state index is 11.6. The Kier molecular flexibility index (Phi) is 5.76. The minimum atomic E-state index is -2.84. The third-order valence-corrected chi connectivity index (χ3v) is 5.25. The van der Waals surface area contributed by atoms with Gasteiger partial charge in [0.2, 0.25) is 0 Å². The Hall–Kier alpha value is -0.0900. The summed E-state index contributed by atoms with van der Waals surface area (Å²) < 4.78 is 23.2. The van der Waals surface area contributed by atoms with Crippen molar-refractivity contribution in [1.82, 2.24) is 0 Å². The van der Waals surface area contributed by atoms with Gasteiger partial charge in [-0.3, -0.25) is 0 Å². The molecular weight excluding hydrogens is 224 g/mol. The molecule has 1 aliphatic carbocycles. The van der Waals surface area contributed by atoms with E-state index in [-0.39, 0.29) is 6.10 Å². The fourth-order valence-electron chi connectivity index (χ4n) is 2.45. The van der Waals surface area contributed by atoms with Crippen molar-refractivity contribution in [3.8, 4) is 0 Å². The van der Waals surface area contributed by atoms with E-state index in [0.29, 0.717) is 23.8 Å². The molecule has 16 heavy (non-hydrogen) atoms. The third-order valence-electron chi connectivity index (χ3n) is 3.36. The quantitative estimate of drug-likeness (QED) is 0.758. The van der Waals surface area contributed by atoms with E-state index in [1.165, 1.54) is 0 Å². The Bertz CT molecular complexity index is 285. The van der Waals surface area contributed by atoms with E-state index in [4.69, 9.17) is 0 Å². The van der Waals surface area contributed by atoms with Crippen molar-refractivity contribution in [3.05, 3.63) is 0 Å². The number of sulfone groups is 1. The van der Waals surface area contributed by atoms with Crippen LogP contribution in [0.4, 0.5) is 0 Å². The van der Waals surface area contributed by atoms with Crippen LogP contribution in [-0.2, 0) is 9.84 Å². The Labute approximate surface area is 99.2 Å². The first kappa shape index (κ1) is 14.0. The molecule has 1 N–H and O–H groups in total. The van der Waals surface area contributed by atoms with Gasteiger partial charge in [-0.15, -0.1) is 0 Å². The van der Waals surface area contributed by atoms with Gasteiger partial charge in [-0.1, -0.05) is 26.2 Å². The predicted octanol–water partition coefficient (Wildman–Crippen LogP) is 2.14. The summed E-state index contributed by atoms with van der Waals surface area (Å²) in [4.78, 5) is 0. The highest BCUT2D eigenvalue weighted by molar-refractivity contribution is 7.91. The largest absolute Gasteiger partial charge is 0.393 e. The van der Waals surface area contributed by atoms with Crippen LogP contribution in [-0.4, -0.2) is 31.1 Å². The summed E-state index contributed by atoms with van der Waals surface area (Å²) in [6.07, 6.45) is 6.21. The molecule has 2 atom stereocenters. The highest BCUT2D eigenvalue weighted by Crippen LogP contribution is 2.26. The molecule has 0 radical (unpaired) electrons. The standard InChI is InChI=1S/C12H24O3S/c1-2-8-16(14,15)9-7-11-5-3-4-6-12(13)10-11/h11-13H,2-10H2,1H3. The molecule has 0 aromatic carbocycles. The number of rotatable bonds is 5. The van der Waals surface area contributed by atoms with Crippen LogP contribution in [0.25, 0.3) is 0 Å². The average molecular weight is 248 g/mol. The minimum Gasteiger partial charge on any atom is -0.393 e. The zero-order chi connectivity index (χ0) is 12.0. The van der Waals surface area contributed by atoms with Crippen LogP contribution < -0.4 is 0 Å². The maximum Gasteiger partial charge on any atom is 0.150 e. The summed E-state index contributed by atoms with van der Waals surface area (Å²) in [5.41, 5.74) is 0. The van der Waals surface area contributed by atoms with Gasteiger partial charge < -0.3 is 5.11 Å². The van der Waals surface area contributed by atoms with Crippen LogP contribution in [0.1, 0.15) is 51.9 Å². The van der Waals surface area contributed by atoms with Crippen molar-refractivity contribution in [2.75, 3.05) is 11.5 Å². The lowest BCUT2D eigenvalue weighted by molar-refractivity contribution is 0.140. The fourth-order valence-corrected chi connectivity index (χ4v) is 3.97. The Morgan fingerprint density at radius 3 is 2.56 bits per heavy atom. The molecule has 1 aliphatic rings. The van der Waals surface area contributed by atoms with Gasteiger partial charge in [0.05, 0.1) is 11.9 Å². The maximum absolute atomic E-state index is 11.6. The second kappa shape index (κ2) is 6.60. The van der Waals surface area contributed by atoms with Crippen molar-refractivity contribution < 1.29 is 13.5 Å². The Morgan fingerprint density at radius 1 is 1.19 bits per heavy atom. The molecule has 0 spiro atoms. The molecule has 1 rings (SSSR count). The highest BCUT2D eigenvalue weighted by atomic mass is 32.2. The van der Waals surface area contributed by atoms with E-state index >= 15 is 0 Å². The normalized spacial score (nSPS) is 27.6. The molecule has 0 amide bonds. The van der Waals surface area contributed by atoms with Crippen LogP contribution in [0, 0.1) is 5.92 Å². The van der Waals surface area contributed by atoms with Gasteiger partial charge in [0, 0.05) is 5.75 Å². The second-order valence-electron chi connectivity index (χ2n) is 4.98. The first-order chi connectivity index (χ1) is 7.53.